The minimum Gasteiger partial charge on any atom is -0.208 e. The zero-order valence-electron chi connectivity index (χ0n) is 26.3. The molecule has 0 spiro atoms. The number of nitrogens with zero attached hydrogens (tertiary/aromatic N) is 3. The number of benzene rings is 8. The lowest BCUT2D eigenvalue weighted by Crippen LogP contribution is -2.00. The Morgan fingerprint density at radius 2 is 0.857 bits per heavy atom. The van der Waals surface area contributed by atoms with Gasteiger partial charge in [-0.15, -0.1) is 11.3 Å². The quantitative estimate of drug-likeness (QED) is 0.180. The SMILES string of the molecule is c1ccc(-c2nc(-c3ccc(-c4cccc5c4ccc4c6ccccc6ccc54)cc3)nc(-c3cccc4sc5ccccc5c34)n2)cc1. The first-order chi connectivity index (χ1) is 24.3. The molecule has 2 heterocycles. The zero-order valence-corrected chi connectivity index (χ0v) is 27.2. The number of fused-ring (bicyclic) bond motifs is 8. The van der Waals surface area contributed by atoms with Crippen LogP contribution in [0.4, 0.5) is 0 Å². The van der Waals surface area contributed by atoms with Crippen LogP contribution in [-0.4, -0.2) is 15.0 Å². The normalized spacial score (nSPS) is 11.7. The van der Waals surface area contributed by atoms with Gasteiger partial charge in [-0.1, -0.05) is 152 Å². The van der Waals surface area contributed by atoms with Gasteiger partial charge in [0.1, 0.15) is 0 Å². The number of hydrogen-bond acceptors (Lipinski definition) is 4. The average Bonchev–Trinajstić information content (AvgIpc) is 3.57. The van der Waals surface area contributed by atoms with Crippen LogP contribution in [0.5, 0.6) is 0 Å². The van der Waals surface area contributed by atoms with E-state index in [2.05, 4.69) is 146 Å². The van der Waals surface area contributed by atoms with E-state index >= 15 is 0 Å². The third-order valence-corrected chi connectivity index (χ3v) is 10.7. The van der Waals surface area contributed by atoms with Crippen LogP contribution in [0.1, 0.15) is 0 Å². The molecule has 0 amide bonds. The lowest BCUT2D eigenvalue weighted by Gasteiger charge is -2.12. The first-order valence-electron chi connectivity index (χ1n) is 16.4. The molecular formula is C45H27N3S. The van der Waals surface area contributed by atoms with Crippen molar-refractivity contribution >= 4 is 63.8 Å². The molecule has 8 aromatic carbocycles. The first-order valence-corrected chi connectivity index (χ1v) is 17.3. The van der Waals surface area contributed by atoms with E-state index in [1.165, 1.54) is 58.1 Å². The third-order valence-electron chi connectivity index (χ3n) is 9.55. The highest BCUT2D eigenvalue weighted by atomic mass is 32.1. The van der Waals surface area contributed by atoms with Crippen LogP contribution >= 0.6 is 11.3 Å². The molecule has 0 atom stereocenters. The summed E-state index contributed by atoms with van der Waals surface area (Å²) >= 11 is 1.80. The Morgan fingerprint density at radius 1 is 0.306 bits per heavy atom. The summed E-state index contributed by atoms with van der Waals surface area (Å²) in [5.41, 5.74) is 5.28. The fourth-order valence-electron chi connectivity index (χ4n) is 7.21. The maximum atomic E-state index is 5.13. The van der Waals surface area contributed by atoms with E-state index in [4.69, 9.17) is 15.0 Å². The maximum Gasteiger partial charge on any atom is 0.164 e. The summed E-state index contributed by atoms with van der Waals surface area (Å²) in [4.78, 5) is 15.2. The minimum absolute atomic E-state index is 0.655. The molecule has 49 heavy (non-hydrogen) atoms. The van der Waals surface area contributed by atoms with Crippen LogP contribution in [0.3, 0.4) is 0 Å². The van der Waals surface area contributed by atoms with E-state index < -0.39 is 0 Å². The molecule has 0 aliphatic heterocycles. The van der Waals surface area contributed by atoms with Crippen molar-refractivity contribution < 1.29 is 0 Å². The Morgan fingerprint density at radius 3 is 1.71 bits per heavy atom. The summed E-state index contributed by atoms with van der Waals surface area (Å²) in [6.45, 7) is 0. The van der Waals surface area contributed by atoms with E-state index in [9.17, 15) is 0 Å². The van der Waals surface area contributed by atoms with E-state index in [1.54, 1.807) is 11.3 Å². The smallest absolute Gasteiger partial charge is 0.164 e. The van der Waals surface area contributed by atoms with Crippen molar-refractivity contribution in [2.45, 2.75) is 0 Å². The molecule has 4 heteroatoms. The van der Waals surface area contributed by atoms with Crippen LogP contribution in [0.2, 0.25) is 0 Å². The second-order valence-electron chi connectivity index (χ2n) is 12.4. The number of hydrogen-bond donors (Lipinski definition) is 0. The van der Waals surface area contributed by atoms with E-state index in [1.807, 2.05) is 18.2 Å². The molecule has 3 nitrogen and oxygen atoms in total. The number of rotatable bonds is 4. The van der Waals surface area contributed by atoms with Gasteiger partial charge in [0.25, 0.3) is 0 Å². The topological polar surface area (TPSA) is 38.7 Å². The molecular weight excluding hydrogens is 615 g/mol. The molecule has 228 valence electrons. The summed E-state index contributed by atoms with van der Waals surface area (Å²) in [5.74, 6) is 1.99. The maximum absolute atomic E-state index is 5.13. The highest BCUT2D eigenvalue weighted by Gasteiger charge is 2.17. The number of aromatic nitrogens is 3. The van der Waals surface area contributed by atoms with Crippen molar-refractivity contribution in [1.29, 1.82) is 0 Å². The molecule has 0 unspecified atom stereocenters. The standard InChI is InChI=1S/C45H27N3S/c1-2-11-30(12-3-1)43-46-44(48-45(47-43)39-17-9-19-41-42(39)38-14-6-7-18-40(38)49-41)31-22-20-29(21-23-31)33-15-8-16-34-35(33)26-27-36-32-13-5-4-10-28(32)24-25-37(34)36/h1-27H. The van der Waals surface area contributed by atoms with Crippen molar-refractivity contribution in [2.75, 3.05) is 0 Å². The summed E-state index contributed by atoms with van der Waals surface area (Å²) < 4.78 is 2.48. The molecule has 10 aromatic rings. The van der Waals surface area contributed by atoms with Crippen LogP contribution < -0.4 is 0 Å². The second-order valence-corrected chi connectivity index (χ2v) is 13.5. The van der Waals surface area contributed by atoms with Gasteiger partial charge in [-0.3, -0.25) is 0 Å². The van der Waals surface area contributed by atoms with Crippen molar-refractivity contribution in [3.05, 3.63) is 164 Å². The molecule has 0 fully saturated rings. The van der Waals surface area contributed by atoms with Gasteiger partial charge in [0.05, 0.1) is 0 Å². The van der Waals surface area contributed by atoms with Crippen LogP contribution in [0.25, 0.3) is 97.8 Å². The molecule has 10 rings (SSSR count). The van der Waals surface area contributed by atoms with Crippen molar-refractivity contribution in [3.8, 4) is 45.3 Å². The summed E-state index contributed by atoms with van der Waals surface area (Å²) in [7, 11) is 0. The van der Waals surface area contributed by atoms with Gasteiger partial charge in [0, 0.05) is 36.9 Å². The Hall–Kier alpha value is -6.23. The fraction of sp³-hybridized carbons (Fsp3) is 0. The second kappa shape index (κ2) is 11.2. The van der Waals surface area contributed by atoms with Gasteiger partial charge in [-0.25, -0.2) is 15.0 Å². The average molecular weight is 642 g/mol. The van der Waals surface area contributed by atoms with E-state index in [-0.39, 0.29) is 0 Å². The third kappa shape index (κ3) is 4.61. The fourth-order valence-corrected chi connectivity index (χ4v) is 8.34. The van der Waals surface area contributed by atoms with E-state index in [0.29, 0.717) is 17.5 Å². The molecule has 0 saturated heterocycles. The molecule has 0 bridgehead atoms. The van der Waals surface area contributed by atoms with Gasteiger partial charge in [-0.2, -0.15) is 0 Å². The van der Waals surface area contributed by atoms with Crippen molar-refractivity contribution in [3.63, 3.8) is 0 Å². The summed E-state index contributed by atoms with van der Waals surface area (Å²) in [6.07, 6.45) is 0. The van der Waals surface area contributed by atoms with Gasteiger partial charge in [-0.05, 0) is 55.6 Å². The number of thiophene rings is 1. The molecule has 0 aliphatic rings. The predicted molar refractivity (Wildman–Crippen MR) is 207 cm³/mol. The predicted octanol–water partition coefficient (Wildman–Crippen LogP) is 12.4. The molecule has 0 aliphatic carbocycles. The monoisotopic (exact) mass is 641 g/mol. The molecule has 0 saturated carbocycles. The minimum atomic E-state index is 0.655. The largest absolute Gasteiger partial charge is 0.208 e. The molecule has 0 radical (unpaired) electrons. The zero-order chi connectivity index (χ0) is 32.3. The van der Waals surface area contributed by atoms with Crippen molar-refractivity contribution in [2.24, 2.45) is 0 Å². The Bertz CT molecular complexity index is 2870. The molecule has 2 aromatic heterocycles. The van der Waals surface area contributed by atoms with Gasteiger partial charge < -0.3 is 0 Å². The van der Waals surface area contributed by atoms with Crippen LogP contribution in [0.15, 0.2) is 164 Å². The van der Waals surface area contributed by atoms with Gasteiger partial charge in [0.15, 0.2) is 17.5 Å². The van der Waals surface area contributed by atoms with E-state index in [0.717, 1.165) is 22.3 Å². The highest BCUT2D eigenvalue weighted by molar-refractivity contribution is 7.25. The van der Waals surface area contributed by atoms with Gasteiger partial charge >= 0.3 is 0 Å². The summed E-state index contributed by atoms with van der Waals surface area (Å²) in [6, 6.07) is 58.1. The Labute approximate surface area is 286 Å². The highest BCUT2D eigenvalue weighted by Crippen LogP contribution is 2.40. The van der Waals surface area contributed by atoms with Crippen LogP contribution in [-0.2, 0) is 0 Å². The Balaban J connectivity index is 1.11. The van der Waals surface area contributed by atoms with Gasteiger partial charge in [0.2, 0.25) is 0 Å². The lowest BCUT2D eigenvalue weighted by molar-refractivity contribution is 1.08. The van der Waals surface area contributed by atoms with Crippen molar-refractivity contribution in [1.82, 2.24) is 15.0 Å². The van der Waals surface area contributed by atoms with Crippen LogP contribution in [0, 0.1) is 0 Å². The summed E-state index contributed by atoms with van der Waals surface area (Å²) in [5, 5.41) is 10.0. The molecule has 0 N–H and O–H groups in total. The lowest BCUT2D eigenvalue weighted by atomic mass is 9.92. The Kier molecular flexibility index (Phi) is 6.36. The first kappa shape index (κ1) is 27.8.